The molecule has 3 atom stereocenters. The van der Waals surface area contributed by atoms with E-state index < -0.39 is 11.9 Å². The van der Waals surface area contributed by atoms with Crippen LogP contribution in [0.2, 0.25) is 0 Å². The molecule has 250 valence electrons. The maximum absolute atomic E-state index is 14.2. The van der Waals surface area contributed by atoms with Crippen LogP contribution in [0.3, 0.4) is 0 Å². The van der Waals surface area contributed by atoms with Gasteiger partial charge in [0.1, 0.15) is 12.5 Å². The summed E-state index contributed by atoms with van der Waals surface area (Å²) in [5.74, 6) is -2.63. The number of hydrogen-bond acceptors (Lipinski definition) is 6. The Bertz CT molecular complexity index is 2080. The molecule has 0 unspecified atom stereocenters. The summed E-state index contributed by atoms with van der Waals surface area (Å²) in [4.78, 5) is 51.2. The first-order valence-corrected chi connectivity index (χ1v) is 16.6. The average molecular weight is 649 g/mol. The van der Waals surface area contributed by atoms with Crippen LogP contribution in [-0.2, 0) is 25.5 Å². The van der Waals surface area contributed by atoms with Crippen molar-refractivity contribution in [3.8, 4) is 0 Å². The van der Waals surface area contributed by atoms with Crippen LogP contribution in [0.15, 0.2) is 30.1 Å². The molecule has 2 aliphatic heterocycles. The molecule has 3 aromatic rings. The molecule has 4 N–H and O–H groups in total. The number of hydrogen-bond donors (Lipinski definition) is 4. The lowest BCUT2D eigenvalue weighted by Gasteiger charge is -2.19. The van der Waals surface area contributed by atoms with E-state index in [4.69, 9.17) is 9.47 Å². The van der Waals surface area contributed by atoms with Crippen molar-refractivity contribution in [2.75, 3.05) is 13.7 Å². The molecule has 0 spiro atoms. The predicted octanol–water partition coefficient (Wildman–Crippen LogP) is 5.27. The molecule has 0 saturated carbocycles. The highest BCUT2D eigenvalue weighted by atomic mass is 16.5. The Morgan fingerprint density at radius 3 is 2.40 bits per heavy atom. The van der Waals surface area contributed by atoms with Crippen LogP contribution in [-0.4, -0.2) is 46.4 Å². The molecule has 8 bridgehead atoms. The normalized spacial score (nSPS) is 23.6. The number of ketones is 1. The van der Waals surface area contributed by atoms with E-state index >= 15 is 0 Å². The van der Waals surface area contributed by atoms with Crippen LogP contribution in [0, 0.1) is 38.5 Å². The van der Waals surface area contributed by atoms with Crippen molar-refractivity contribution >= 4 is 47.6 Å². The highest BCUT2D eigenvalue weighted by molar-refractivity contribution is 6.24. The molecule has 48 heavy (non-hydrogen) atoms. The van der Waals surface area contributed by atoms with Crippen LogP contribution in [0.5, 0.6) is 0 Å². The molecule has 3 aromatic heterocycles. The second-order valence-corrected chi connectivity index (χ2v) is 12.9. The number of aromatic amines is 3. The van der Waals surface area contributed by atoms with Crippen LogP contribution in [0.1, 0.15) is 94.6 Å². The van der Waals surface area contributed by atoms with E-state index in [-0.39, 0.29) is 36.6 Å². The Morgan fingerprint density at radius 2 is 1.71 bits per heavy atom. The lowest BCUT2D eigenvalue weighted by atomic mass is 9.85. The van der Waals surface area contributed by atoms with Crippen LogP contribution in [0.4, 0.5) is 0 Å². The van der Waals surface area contributed by atoms with Gasteiger partial charge >= 0.3 is 11.9 Å². The second kappa shape index (κ2) is 12.9. The molecule has 1 fully saturated rings. The topological polar surface area (TPSA) is 129 Å². The Morgan fingerprint density at radius 1 is 0.979 bits per heavy atom. The minimum atomic E-state index is -1.13. The van der Waals surface area contributed by atoms with Gasteiger partial charge < -0.3 is 29.7 Å². The maximum atomic E-state index is 14.2. The number of aromatic nitrogens is 3. The van der Waals surface area contributed by atoms with E-state index in [9.17, 15) is 14.4 Å². The van der Waals surface area contributed by atoms with Crippen molar-refractivity contribution in [3.63, 3.8) is 0 Å². The predicted molar refractivity (Wildman–Crippen MR) is 188 cm³/mol. The summed E-state index contributed by atoms with van der Waals surface area (Å²) in [6.45, 7) is 16.5. The lowest BCUT2D eigenvalue weighted by molar-refractivity contribution is -0.143. The Hall–Kier alpha value is -5.05. The first kappa shape index (κ1) is 32.9. The third-order valence-electron chi connectivity index (χ3n) is 10.3. The number of ether oxygens (including phenoxy) is 2. The van der Waals surface area contributed by atoms with Gasteiger partial charge in [-0.3, -0.25) is 14.4 Å². The smallest absolute Gasteiger partial charge is 0.321 e. The molecule has 9 heteroatoms. The summed E-state index contributed by atoms with van der Waals surface area (Å²) in [7, 11) is 1.31. The molecule has 5 heterocycles. The fourth-order valence-electron chi connectivity index (χ4n) is 7.58. The molecule has 0 amide bonds. The monoisotopic (exact) mass is 648 g/mol. The van der Waals surface area contributed by atoms with Gasteiger partial charge in [0.15, 0.2) is 5.78 Å². The third-order valence-corrected chi connectivity index (χ3v) is 10.3. The minimum Gasteiger partial charge on any atom is -0.468 e. The Labute approximate surface area is 280 Å². The molecule has 0 radical (unpaired) electrons. The first-order chi connectivity index (χ1) is 23.0. The highest BCUT2D eigenvalue weighted by Crippen LogP contribution is 2.48. The van der Waals surface area contributed by atoms with Crippen molar-refractivity contribution in [1.29, 1.82) is 0 Å². The number of carbonyl (C=O) groups excluding carboxylic acids is 3. The number of esters is 2. The first-order valence-electron chi connectivity index (χ1n) is 16.6. The fourth-order valence-corrected chi connectivity index (χ4v) is 7.58. The molecular formula is C39H44N4O5. The number of carbonyl (C=O) groups is 3. The van der Waals surface area contributed by atoms with E-state index in [0.29, 0.717) is 23.3 Å². The van der Waals surface area contributed by atoms with E-state index in [2.05, 4.69) is 72.8 Å². The largest absolute Gasteiger partial charge is 0.468 e. The SMILES string of the molecule is C=Cc1c2[nH]c(c1C)/C=C1\N/C(=C3\c4[nH]c(c(C)c4C(=O)[C@@H]3C(=O)OC)/C=c3\[nH]/c(c(C)c3CC)=C\2)[C@@H](CCC(=O)OC/C=C\C)[C@@H]1C. The van der Waals surface area contributed by atoms with Gasteiger partial charge in [-0.1, -0.05) is 38.7 Å². The summed E-state index contributed by atoms with van der Waals surface area (Å²) in [6, 6.07) is 0. The second-order valence-electron chi connectivity index (χ2n) is 12.9. The number of Topliss-reactive ketones (excluding diaryl/α,β-unsaturated/α-hetero) is 1. The summed E-state index contributed by atoms with van der Waals surface area (Å²) in [5.41, 5.74) is 11.2. The minimum absolute atomic E-state index is 0.0757. The summed E-state index contributed by atoms with van der Waals surface area (Å²) < 4.78 is 10.6. The van der Waals surface area contributed by atoms with Crippen molar-refractivity contribution in [2.24, 2.45) is 17.8 Å². The molecule has 3 aliphatic rings. The quantitative estimate of drug-likeness (QED) is 0.150. The number of allylic oxidation sites excluding steroid dienone is 3. The van der Waals surface area contributed by atoms with Crippen LogP contribution < -0.4 is 16.0 Å². The Balaban J connectivity index is 1.64. The third kappa shape index (κ3) is 5.31. The van der Waals surface area contributed by atoms with E-state index in [1.807, 2.05) is 26.0 Å². The Kier molecular flexibility index (Phi) is 8.81. The van der Waals surface area contributed by atoms with E-state index in [1.54, 1.807) is 6.08 Å². The average Bonchev–Trinajstić information content (AvgIpc) is 3.80. The molecule has 9 nitrogen and oxygen atoms in total. The number of rotatable bonds is 8. The van der Waals surface area contributed by atoms with Gasteiger partial charge in [0.05, 0.1) is 12.8 Å². The van der Waals surface area contributed by atoms with Crippen LogP contribution in [0.25, 0.3) is 29.9 Å². The van der Waals surface area contributed by atoms with Crippen molar-refractivity contribution < 1.29 is 23.9 Å². The molecule has 6 rings (SSSR count). The fraction of sp³-hybridized carbons (Fsp3) is 0.359. The standard InChI is InChI=1S/C39H44N4O5/c1-9-12-15-48-32(44)14-13-25-21(6)28-16-26-19(4)23(10-2)30(40-26)17-27-20(5)24(11-3)31(41-27)18-29-22(7)33-37(43-29)34(36(25)42-28)35(38(33)45)39(46)47-8/h9-10,12,16-18,21,25,35,40-43H,2,11,13-15H2,1,3-8H3/b12-9-,27-17-,28-16-,31-18-,36-34-/t21-,25-,35+/m0/s1. The zero-order chi connectivity index (χ0) is 34.4. The van der Waals surface area contributed by atoms with Gasteiger partial charge in [-0.15, -0.1) is 0 Å². The van der Waals surface area contributed by atoms with Crippen molar-refractivity contribution in [3.05, 3.63) is 97.0 Å². The van der Waals surface area contributed by atoms with Gasteiger partial charge in [0.25, 0.3) is 0 Å². The van der Waals surface area contributed by atoms with E-state index in [1.165, 1.54) is 12.7 Å². The maximum Gasteiger partial charge on any atom is 0.321 e. The summed E-state index contributed by atoms with van der Waals surface area (Å²) in [6.07, 6.45) is 13.2. The summed E-state index contributed by atoms with van der Waals surface area (Å²) in [5, 5.41) is 5.59. The van der Waals surface area contributed by atoms with Gasteiger partial charge in [-0.25, -0.2) is 0 Å². The molecule has 1 saturated heterocycles. The van der Waals surface area contributed by atoms with Gasteiger partial charge in [0, 0.05) is 74.1 Å². The number of fused-ring (bicyclic) bond motifs is 7. The van der Waals surface area contributed by atoms with Gasteiger partial charge in [0.2, 0.25) is 0 Å². The number of methoxy groups -OCH3 is 1. The van der Waals surface area contributed by atoms with Gasteiger partial charge in [-0.05, 0) is 81.0 Å². The highest BCUT2D eigenvalue weighted by Gasteiger charge is 2.48. The molecular weight excluding hydrogens is 604 g/mol. The number of nitrogens with one attached hydrogen (secondary N) is 4. The number of H-pyrrole nitrogens is 3. The molecule has 1 aliphatic carbocycles. The van der Waals surface area contributed by atoms with Crippen LogP contribution >= 0.6 is 0 Å². The zero-order valence-electron chi connectivity index (χ0n) is 28.8. The van der Waals surface area contributed by atoms with E-state index in [0.717, 1.165) is 67.8 Å². The molecule has 0 aromatic carbocycles. The van der Waals surface area contributed by atoms with Crippen molar-refractivity contribution in [1.82, 2.24) is 20.3 Å². The van der Waals surface area contributed by atoms with Crippen molar-refractivity contribution in [2.45, 2.75) is 60.8 Å². The zero-order valence-corrected chi connectivity index (χ0v) is 28.8. The van der Waals surface area contributed by atoms with Gasteiger partial charge in [-0.2, -0.15) is 0 Å². The lowest BCUT2D eigenvalue weighted by Crippen LogP contribution is -2.25. The summed E-state index contributed by atoms with van der Waals surface area (Å²) >= 11 is 0.